The van der Waals surface area contributed by atoms with E-state index >= 15 is 0 Å². The summed E-state index contributed by atoms with van der Waals surface area (Å²) in [6.45, 7) is -1.27. The van der Waals surface area contributed by atoms with E-state index < -0.39 is 34.7 Å². The van der Waals surface area contributed by atoms with E-state index in [9.17, 15) is 18.0 Å². The fourth-order valence-corrected chi connectivity index (χ4v) is 2.47. The molecule has 0 spiro atoms. The zero-order valence-electron chi connectivity index (χ0n) is 11.2. The largest absolute Gasteiger partial charge is 0.480 e. The fourth-order valence-electron chi connectivity index (χ4n) is 1.53. The van der Waals surface area contributed by atoms with E-state index in [4.69, 9.17) is 14.9 Å². The number of carbonyl (C=O) groups is 2. The summed E-state index contributed by atoms with van der Waals surface area (Å²) in [6.07, 6.45) is -0.703. The highest BCUT2D eigenvalue weighted by atomic mass is 32.2. The minimum Gasteiger partial charge on any atom is -0.480 e. The van der Waals surface area contributed by atoms with E-state index in [0.29, 0.717) is 11.8 Å². The van der Waals surface area contributed by atoms with Crippen LogP contribution in [0.2, 0.25) is 0 Å². The zero-order chi connectivity index (χ0) is 16.0. The standard InChI is InChI=1S/C12H15NO7S/c1-21(18,19)13(10(7-14)11(15)16)12(17)20-8-9-5-3-2-4-6-9/h2-6,10,14H,7-8H2,1H3,(H,15,16)/t10-/m0/s1. The summed E-state index contributed by atoms with van der Waals surface area (Å²) < 4.78 is 27.9. The molecule has 0 radical (unpaired) electrons. The number of ether oxygens (including phenoxy) is 1. The zero-order valence-corrected chi connectivity index (χ0v) is 12.0. The van der Waals surface area contributed by atoms with Gasteiger partial charge in [0.25, 0.3) is 0 Å². The maximum absolute atomic E-state index is 11.8. The Morgan fingerprint density at radius 1 is 1.29 bits per heavy atom. The van der Waals surface area contributed by atoms with Gasteiger partial charge in [-0.3, -0.25) is 0 Å². The number of sulfonamides is 1. The molecule has 0 heterocycles. The number of carboxylic acids is 1. The molecule has 0 fully saturated rings. The second kappa shape index (κ2) is 7.04. The molecule has 1 atom stereocenters. The monoisotopic (exact) mass is 317 g/mol. The van der Waals surface area contributed by atoms with E-state index in [2.05, 4.69) is 0 Å². The molecule has 0 unspecified atom stereocenters. The van der Waals surface area contributed by atoms with Crippen molar-refractivity contribution in [3.8, 4) is 0 Å². The molecule has 1 aromatic rings. The average molecular weight is 317 g/mol. The number of amides is 1. The number of aliphatic carboxylic acids is 1. The molecule has 0 aliphatic heterocycles. The predicted octanol–water partition coefficient (Wildman–Crippen LogP) is 0.0303. The normalized spacial score (nSPS) is 12.5. The fraction of sp³-hybridized carbons (Fsp3) is 0.333. The van der Waals surface area contributed by atoms with Crippen molar-refractivity contribution in [3.63, 3.8) is 0 Å². The number of carboxylic acid groups (broad SMARTS) is 1. The van der Waals surface area contributed by atoms with Crippen molar-refractivity contribution in [2.75, 3.05) is 12.9 Å². The first-order valence-electron chi connectivity index (χ1n) is 5.81. The first-order valence-corrected chi connectivity index (χ1v) is 7.66. The summed E-state index contributed by atoms with van der Waals surface area (Å²) >= 11 is 0. The van der Waals surface area contributed by atoms with E-state index in [1.807, 2.05) is 0 Å². The quantitative estimate of drug-likeness (QED) is 0.759. The number of hydrogen-bond donors (Lipinski definition) is 2. The van der Waals surface area contributed by atoms with Crippen LogP contribution in [-0.2, 0) is 26.2 Å². The highest BCUT2D eigenvalue weighted by Gasteiger charge is 2.37. The highest BCUT2D eigenvalue weighted by Crippen LogP contribution is 2.11. The van der Waals surface area contributed by atoms with Crippen molar-refractivity contribution >= 4 is 22.1 Å². The molecule has 9 heteroatoms. The minimum absolute atomic E-state index is 0.0122. The van der Waals surface area contributed by atoms with Gasteiger partial charge in [0.05, 0.1) is 12.9 Å². The van der Waals surface area contributed by atoms with Crippen LogP contribution in [0.15, 0.2) is 30.3 Å². The van der Waals surface area contributed by atoms with Crippen LogP contribution in [0.3, 0.4) is 0 Å². The van der Waals surface area contributed by atoms with Crippen molar-refractivity contribution in [1.29, 1.82) is 0 Å². The lowest BCUT2D eigenvalue weighted by Gasteiger charge is -2.24. The summed E-state index contributed by atoms with van der Waals surface area (Å²) in [5.74, 6) is -1.65. The minimum atomic E-state index is -4.21. The Bertz CT molecular complexity index is 599. The van der Waals surface area contributed by atoms with E-state index in [1.165, 1.54) is 0 Å². The molecule has 8 nitrogen and oxygen atoms in total. The Kier molecular flexibility index (Phi) is 5.68. The Morgan fingerprint density at radius 3 is 2.29 bits per heavy atom. The van der Waals surface area contributed by atoms with Crippen LogP contribution in [0.4, 0.5) is 4.79 Å². The van der Waals surface area contributed by atoms with Crippen LogP contribution in [0.25, 0.3) is 0 Å². The number of aliphatic hydroxyl groups is 1. The number of benzene rings is 1. The first kappa shape index (κ1) is 16.9. The SMILES string of the molecule is CS(=O)(=O)N(C(=O)OCc1ccccc1)[C@@H](CO)C(=O)O. The Labute approximate surface area is 121 Å². The van der Waals surface area contributed by atoms with E-state index in [-0.39, 0.29) is 10.9 Å². The predicted molar refractivity (Wildman–Crippen MR) is 71.8 cm³/mol. The van der Waals surface area contributed by atoms with Crippen LogP contribution in [0, 0.1) is 0 Å². The van der Waals surface area contributed by atoms with Gasteiger partial charge in [-0.15, -0.1) is 0 Å². The summed E-state index contributed by atoms with van der Waals surface area (Å²) in [5, 5.41) is 17.8. The molecule has 1 amide bonds. The number of hydrogen-bond acceptors (Lipinski definition) is 6. The van der Waals surface area contributed by atoms with Gasteiger partial charge in [-0.2, -0.15) is 4.31 Å². The molecule has 1 rings (SSSR count). The topological polar surface area (TPSA) is 121 Å². The van der Waals surface area contributed by atoms with Crippen molar-refractivity contribution < 1.29 is 33.0 Å². The summed E-state index contributed by atoms with van der Waals surface area (Å²) in [7, 11) is -4.21. The molecule has 0 aromatic heterocycles. The van der Waals surface area contributed by atoms with Crippen LogP contribution in [0.1, 0.15) is 5.56 Å². The van der Waals surface area contributed by atoms with Gasteiger partial charge in [-0.25, -0.2) is 18.0 Å². The molecule has 1 aromatic carbocycles. The summed E-state index contributed by atoms with van der Waals surface area (Å²) in [6, 6.07) is 6.53. The van der Waals surface area contributed by atoms with Crippen molar-refractivity contribution in [2.45, 2.75) is 12.6 Å². The maximum atomic E-state index is 11.8. The first-order chi connectivity index (χ1) is 9.77. The highest BCUT2D eigenvalue weighted by molar-refractivity contribution is 7.88. The van der Waals surface area contributed by atoms with Gasteiger partial charge in [-0.1, -0.05) is 30.3 Å². The Hall–Kier alpha value is -2.13. The van der Waals surface area contributed by atoms with Gasteiger partial charge >= 0.3 is 12.1 Å². The van der Waals surface area contributed by atoms with Crippen molar-refractivity contribution in [2.24, 2.45) is 0 Å². The van der Waals surface area contributed by atoms with Crippen LogP contribution in [-0.4, -0.2) is 53.9 Å². The molecule has 0 saturated carbocycles. The van der Waals surface area contributed by atoms with Gasteiger partial charge in [0.1, 0.15) is 6.61 Å². The summed E-state index contributed by atoms with van der Waals surface area (Å²) in [4.78, 5) is 22.7. The number of aliphatic hydroxyl groups excluding tert-OH is 1. The van der Waals surface area contributed by atoms with E-state index in [0.717, 1.165) is 0 Å². The van der Waals surface area contributed by atoms with Gasteiger partial charge in [-0.05, 0) is 5.56 Å². The third-order valence-corrected chi connectivity index (χ3v) is 3.60. The smallest absolute Gasteiger partial charge is 0.424 e. The van der Waals surface area contributed by atoms with Gasteiger partial charge < -0.3 is 14.9 Å². The van der Waals surface area contributed by atoms with Crippen LogP contribution in [0.5, 0.6) is 0 Å². The third-order valence-electron chi connectivity index (χ3n) is 2.48. The Morgan fingerprint density at radius 2 is 1.86 bits per heavy atom. The van der Waals surface area contributed by atoms with Gasteiger partial charge in [0.15, 0.2) is 6.04 Å². The average Bonchev–Trinajstić information content (AvgIpc) is 2.41. The number of carbonyl (C=O) groups excluding carboxylic acids is 1. The number of rotatable bonds is 6. The molecule has 0 bridgehead atoms. The summed E-state index contributed by atoms with van der Waals surface area (Å²) in [5.41, 5.74) is 0.607. The van der Waals surface area contributed by atoms with Gasteiger partial charge in [0, 0.05) is 0 Å². The van der Waals surface area contributed by atoms with Crippen LogP contribution < -0.4 is 0 Å². The molecule has 0 aliphatic rings. The van der Waals surface area contributed by atoms with E-state index in [1.54, 1.807) is 30.3 Å². The lowest BCUT2D eigenvalue weighted by Crippen LogP contribution is -2.50. The maximum Gasteiger partial charge on any atom is 0.424 e. The van der Waals surface area contributed by atoms with Gasteiger partial charge in [0.2, 0.25) is 10.0 Å². The third kappa shape index (κ3) is 4.72. The second-order valence-electron chi connectivity index (χ2n) is 4.14. The molecule has 0 aliphatic carbocycles. The van der Waals surface area contributed by atoms with Crippen molar-refractivity contribution in [3.05, 3.63) is 35.9 Å². The number of nitrogens with zero attached hydrogens (tertiary/aromatic N) is 1. The molecular weight excluding hydrogens is 302 g/mol. The molecule has 0 saturated heterocycles. The molecule has 2 N–H and O–H groups in total. The van der Waals surface area contributed by atoms with Crippen LogP contribution >= 0.6 is 0 Å². The lowest BCUT2D eigenvalue weighted by molar-refractivity contribution is -0.142. The molecular formula is C12H15NO7S. The molecule has 116 valence electrons. The Balaban J connectivity index is 2.89. The lowest BCUT2D eigenvalue weighted by atomic mass is 10.2. The molecule has 21 heavy (non-hydrogen) atoms. The van der Waals surface area contributed by atoms with Crippen molar-refractivity contribution in [1.82, 2.24) is 4.31 Å². The second-order valence-corrected chi connectivity index (χ2v) is 6.00.